The van der Waals surface area contributed by atoms with E-state index in [4.69, 9.17) is 9.47 Å². The molecule has 2 amide bonds. The van der Waals surface area contributed by atoms with Crippen LogP contribution < -0.4 is 16.0 Å². The number of ether oxygens (including phenoxy) is 2. The van der Waals surface area contributed by atoms with Crippen molar-refractivity contribution in [3.8, 4) is 0 Å². The number of nitrogens with one attached hydrogen (secondary N) is 3. The number of benzene rings is 3. The smallest absolute Gasteiger partial charge is 0.407 e. The molecule has 3 rings (SSSR count). The van der Waals surface area contributed by atoms with Crippen molar-refractivity contribution >= 4 is 12.2 Å². The Bertz CT molecular complexity index is 1200. The standard InChI is InChI=1S/C33H43N3O6/c1-33(2,3)42-32(40)36-28(20-25-15-9-5-10-16-25)30(38)22-34-21-29(37)27(19-24-13-7-4-8-14-24)35-31(39)41-23-26-17-11-6-12-18-26/h4-18,27-30,34,37-38H,19-23H2,1-3H3,(H,35,39)(H,36,40)/t27-,28-,29+,30+/m0/s1. The van der Waals surface area contributed by atoms with Crippen LogP contribution in [0.5, 0.6) is 0 Å². The number of carbonyl (C=O) groups excluding carboxylic acids is 2. The lowest BCUT2D eigenvalue weighted by Gasteiger charge is -2.28. The predicted octanol–water partition coefficient (Wildman–Crippen LogP) is 3.97. The third-order valence-corrected chi connectivity index (χ3v) is 6.45. The number of carbonyl (C=O) groups is 2. The monoisotopic (exact) mass is 577 g/mol. The molecule has 0 aliphatic carbocycles. The van der Waals surface area contributed by atoms with Gasteiger partial charge in [0.1, 0.15) is 12.2 Å². The van der Waals surface area contributed by atoms with Crippen molar-refractivity contribution in [2.45, 2.75) is 70.1 Å². The third-order valence-electron chi connectivity index (χ3n) is 6.45. The number of amides is 2. The molecule has 0 aliphatic heterocycles. The highest BCUT2D eigenvalue weighted by Gasteiger charge is 2.27. The first kappa shape index (κ1) is 32.6. The first-order valence-electron chi connectivity index (χ1n) is 14.2. The maximum absolute atomic E-state index is 12.6. The molecule has 0 unspecified atom stereocenters. The van der Waals surface area contributed by atoms with Crippen molar-refractivity contribution in [2.24, 2.45) is 0 Å². The van der Waals surface area contributed by atoms with E-state index < -0.39 is 42.1 Å². The highest BCUT2D eigenvalue weighted by atomic mass is 16.6. The summed E-state index contributed by atoms with van der Waals surface area (Å²) < 4.78 is 10.8. The Hall–Kier alpha value is -3.92. The molecule has 226 valence electrons. The Labute approximate surface area is 248 Å². The number of aliphatic hydroxyl groups is 2. The molecule has 0 saturated heterocycles. The summed E-state index contributed by atoms with van der Waals surface area (Å²) in [6, 6.07) is 27.1. The fraction of sp³-hybridized carbons (Fsp3) is 0.394. The van der Waals surface area contributed by atoms with Gasteiger partial charge in [-0.15, -0.1) is 0 Å². The molecule has 0 radical (unpaired) electrons. The van der Waals surface area contributed by atoms with Gasteiger partial charge in [0.15, 0.2) is 0 Å². The Balaban J connectivity index is 1.59. The van der Waals surface area contributed by atoms with Crippen LogP contribution >= 0.6 is 0 Å². The molecule has 9 nitrogen and oxygen atoms in total. The van der Waals surface area contributed by atoms with Gasteiger partial charge in [0.2, 0.25) is 0 Å². The maximum Gasteiger partial charge on any atom is 0.407 e. The minimum Gasteiger partial charge on any atom is -0.445 e. The molecule has 42 heavy (non-hydrogen) atoms. The Morgan fingerprint density at radius 2 is 1.07 bits per heavy atom. The van der Waals surface area contributed by atoms with Crippen molar-refractivity contribution in [1.82, 2.24) is 16.0 Å². The second-order valence-electron chi connectivity index (χ2n) is 11.2. The molecule has 0 bridgehead atoms. The zero-order valence-corrected chi connectivity index (χ0v) is 24.5. The van der Waals surface area contributed by atoms with Crippen LogP contribution in [0.1, 0.15) is 37.5 Å². The molecule has 3 aromatic carbocycles. The average Bonchev–Trinajstić information content (AvgIpc) is 2.96. The number of alkyl carbamates (subject to hydrolysis) is 2. The second kappa shape index (κ2) is 16.5. The van der Waals surface area contributed by atoms with Crippen molar-refractivity contribution in [3.05, 3.63) is 108 Å². The van der Waals surface area contributed by atoms with Crippen LogP contribution in [-0.2, 0) is 28.9 Å². The Kier molecular flexibility index (Phi) is 12.8. The van der Waals surface area contributed by atoms with Crippen LogP contribution in [-0.4, -0.2) is 65.4 Å². The Morgan fingerprint density at radius 3 is 1.50 bits per heavy atom. The highest BCUT2D eigenvalue weighted by Crippen LogP contribution is 2.11. The summed E-state index contributed by atoms with van der Waals surface area (Å²) in [7, 11) is 0. The number of rotatable bonds is 14. The summed E-state index contributed by atoms with van der Waals surface area (Å²) >= 11 is 0. The lowest BCUT2D eigenvalue weighted by molar-refractivity contribution is 0.0416. The van der Waals surface area contributed by atoms with Crippen molar-refractivity contribution in [2.75, 3.05) is 13.1 Å². The number of hydrogen-bond donors (Lipinski definition) is 5. The fourth-order valence-electron chi connectivity index (χ4n) is 4.34. The first-order valence-corrected chi connectivity index (χ1v) is 14.2. The van der Waals surface area contributed by atoms with E-state index in [9.17, 15) is 19.8 Å². The van der Waals surface area contributed by atoms with Gasteiger partial charge in [-0.2, -0.15) is 0 Å². The molecule has 0 aromatic heterocycles. The van der Waals surface area contributed by atoms with Crippen LogP contribution in [0.15, 0.2) is 91.0 Å². The summed E-state index contributed by atoms with van der Waals surface area (Å²) in [5.41, 5.74) is 2.05. The lowest BCUT2D eigenvalue weighted by atomic mass is 10.00. The summed E-state index contributed by atoms with van der Waals surface area (Å²) in [6.45, 7) is 5.60. The van der Waals surface area contributed by atoms with Gasteiger partial charge < -0.3 is 35.6 Å². The second-order valence-corrected chi connectivity index (χ2v) is 11.2. The van der Waals surface area contributed by atoms with Gasteiger partial charge >= 0.3 is 12.2 Å². The zero-order valence-electron chi connectivity index (χ0n) is 24.5. The van der Waals surface area contributed by atoms with Gasteiger partial charge in [-0.25, -0.2) is 9.59 Å². The van der Waals surface area contributed by atoms with Gasteiger partial charge in [0.05, 0.1) is 24.3 Å². The normalized spacial score (nSPS) is 14.2. The molecule has 0 heterocycles. The predicted molar refractivity (Wildman–Crippen MR) is 162 cm³/mol. The molecule has 5 N–H and O–H groups in total. The molecule has 0 spiro atoms. The quantitative estimate of drug-likeness (QED) is 0.196. The average molecular weight is 578 g/mol. The van der Waals surface area contributed by atoms with Crippen LogP contribution in [0.2, 0.25) is 0 Å². The fourth-order valence-corrected chi connectivity index (χ4v) is 4.34. The van der Waals surface area contributed by atoms with Crippen molar-refractivity contribution < 1.29 is 29.3 Å². The molecule has 3 aromatic rings. The molecule has 4 atom stereocenters. The van der Waals surface area contributed by atoms with Gasteiger partial charge in [-0.1, -0.05) is 91.0 Å². The molecule has 0 saturated carbocycles. The van der Waals surface area contributed by atoms with Gasteiger partial charge in [-0.3, -0.25) is 0 Å². The van der Waals surface area contributed by atoms with Crippen LogP contribution in [0.25, 0.3) is 0 Å². The Morgan fingerprint density at radius 1 is 0.667 bits per heavy atom. The SMILES string of the molecule is CC(C)(C)OC(=O)N[C@@H](Cc1ccccc1)[C@H](O)CNC[C@@H](O)[C@H](Cc1ccccc1)NC(=O)OCc1ccccc1. The summed E-state index contributed by atoms with van der Waals surface area (Å²) in [5.74, 6) is 0. The van der Waals surface area contributed by atoms with E-state index in [-0.39, 0.29) is 19.7 Å². The van der Waals surface area contributed by atoms with Gasteiger partial charge in [0, 0.05) is 13.1 Å². The molecular weight excluding hydrogens is 534 g/mol. The van der Waals surface area contributed by atoms with Crippen LogP contribution in [0, 0.1) is 0 Å². The largest absolute Gasteiger partial charge is 0.445 e. The van der Waals surface area contributed by atoms with Crippen molar-refractivity contribution in [1.29, 1.82) is 0 Å². The minimum absolute atomic E-state index is 0.0814. The topological polar surface area (TPSA) is 129 Å². The van der Waals surface area contributed by atoms with Gasteiger partial charge in [0.25, 0.3) is 0 Å². The summed E-state index contributed by atoms with van der Waals surface area (Å²) in [4.78, 5) is 25.1. The molecule has 9 heteroatoms. The lowest BCUT2D eigenvalue weighted by Crippen LogP contribution is -2.52. The van der Waals surface area contributed by atoms with E-state index in [2.05, 4.69) is 16.0 Å². The molecular formula is C33H43N3O6. The van der Waals surface area contributed by atoms with E-state index in [1.165, 1.54) is 0 Å². The maximum atomic E-state index is 12.6. The van der Waals surface area contributed by atoms with E-state index in [1.807, 2.05) is 91.0 Å². The van der Waals surface area contributed by atoms with E-state index in [1.54, 1.807) is 20.8 Å². The van der Waals surface area contributed by atoms with E-state index in [0.29, 0.717) is 12.8 Å². The van der Waals surface area contributed by atoms with Crippen LogP contribution in [0.3, 0.4) is 0 Å². The molecule has 0 aliphatic rings. The summed E-state index contributed by atoms with van der Waals surface area (Å²) in [6.07, 6.45) is -2.47. The van der Waals surface area contributed by atoms with Gasteiger partial charge in [-0.05, 0) is 50.3 Å². The molecule has 0 fully saturated rings. The number of hydrogen-bond acceptors (Lipinski definition) is 7. The van der Waals surface area contributed by atoms with Crippen LogP contribution in [0.4, 0.5) is 9.59 Å². The zero-order chi connectivity index (χ0) is 30.4. The summed E-state index contributed by atoms with van der Waals surface area (Å²) in [5, 5.41) is 30.7. The number of aliphatic hydroxyl groups excluding tert-OH is 2. The third kappa shape index (κ3) is 12.3. The first-order chi connectivity index (χ1) is 20.1. The van der Waals surface area contributed by atoms with Crippen molar-refractivity contribution in [3.63, 3.8) is 0 Å². The van der Waals surface area contributed by atoms with E-state index >= 15 is 0 Å². The highest BCUT2D eigenvalue weighted by molar-refractivity contribution is 5.68. The minimum atomic E-state index is -0.993. The van der Waals surface area contributed by atoms with E-state index in [0.717, 1.165) is 16.7 Å².